The van der Waals surface area contributed by atoms with Crippen LogP contribution in [0, 0.1) is 0 Å². The molecule has 0 N–H and O–H groups in total. The minimum absolute atomic E-state index is 0.713. The number of hydrogen-bond donors (Lipinski definition) is 0. The molecular weight excluding hydrogens is 200 g/mol. The monoisotopic (exact) mass is 204 g/mol. The molecule has 4 nitrogen and oxygen atoms in total. The van der Waals surface area contributed by atoms with Crippen molar-refractivity contribution in [1.82, 2.24) is 20.0 Å². The van der Waals surface area contributed by atoms with Crippen LogP contribution in [0.4, 0.5) is 0 Å². The van der Waals surface area contributed by atoms with Gasteiger partial charge in [0.15, 0.2) is 5.65 Å². The number of hydrogen-bond acceptors (Lipinski definition) is 3. The number of nitrogens with zero attached hydrogens (tertiary/aromatic N) is 4. The third-order valence-corrected chi connectivity index (χ3v) is 2.36. The predicted molar refractivity (Wildman–Crippen MR) is 53.3 cm³/mol. The Hall–Kier alpha value is -1.68. The Morgan fingerprint density at radius 3 is 3.00 bits per heavy atom. The molecule has 68 valence electrons. The summed E-state index contributed by atoms with van der Waals surface area (Å²) >= 11 is 5.88. The van der Waals surface area contributed by atoms with Gasteiger partial charge < -0.3 is 0 Å². The molecule has 0 aliphatic rings. The van der Waals surface area contributed by atoms with Crippen molar-refractivity contribution in [1.29, 1.82) is 0 Å². The third-order valence-electron chi connectivity index (χ3n) is 2.12. The zero-order chi connectivity index (χ0) is 9.54. The van der Waals surface area contributed by atoms with E-state index in [2.05, 4.69) is 15.5 Å². The van der Waals surface area contributed by atoms with E-state index >= 15 is 0 Å². The topological polar surface area (TPSA) is 43.1 Å². The number of halogens is 1. The van der Waals surface area contributed by atoms with Gasteiger partial charge in [-0.15, -0.1) is 5.10 Å². The lowest BCUT2D eigenvalue weighted by atomic mass is 10.2. The van der Waals surface area contributed by atoms with Gasteiger partial charge in [0.1, 0.15) is 0 Å². The second kappa shape index (κ2) is 2.65. The summed E-state index contributed by atoms with van der Waals surface area (Å²) in [5.41, 5.74) is 1.69. The average Bonchev–Trinajstić information content (AvgIpc) is 2.65. The normalized spacial score (nSPS) is 11.2. The molecule has 0 aliphatic carbocycles. The van der Waals surface area contributed by atoms with Crippen LogP contribution in [0.3, 0.4) is 0 Å². The first-order valence-corrected chi connectivity index (χ1v) is 4.49. The minimum atomic E-state index is 0.713. The van der Waals surface area contributed by atoms with Crippen molar-refractivity contribution in [2.75, 3.05) is 0 Å². The van der Waals surface area contributed by atoms with Crippen molar-refractivity contribution >= 4 is 28.2 Å². The second-order valence-electron chi connectivity index (χ2n) is 2.99. The van der Waals surface area contributed by atoms with E-state index in [1.165, 1.54) is 0 Å². The quantitative estimate of drug-likeness (QED) is 0.562. The molecule has 0 spiro atoms. The van der Waals surface area contributed by atoms with Gasteiger partial charge in [-0.3, -0.25) is 0 Å². The second-order valence-corrected chi connectivity index (χ2v) is 3.42. The van der Waals surface area contributed by atoms with E-state index in [4.69, 9.17) is 11.6 Å². The van der Waals surface area contributed by atoms with Crippen molar-refractivity contribution in [3.05, 3.63) is 35.4 Å². The Balaban J connectivity index is 2.57. The maximum absolute atomic E-state index is 5.88. The molecule has 0 amide bonds. The first-order valence-electron chi connectivity index (χ1n) is 4.11. The smallest absolute Gasteiger partial charge is 0.179 e. The zero-order valence-electron chi connectivity index (χ0n) is 7.05. The summed E-state index contributed by atoms with van der Waals surface area (Å²) in [6, 6.07) is 9.43. The van der Waals surface area contributed by atoms with Crippen molar-refractivity contribution in [3.8, 4) is 0 Å². The Bertz CT molecular complexity index is 616. The first-order chi connectivity index (χ1) is 6.84. The third kappa shape index (κ3) is 0.975. The van der Waals surface area contributed by atoms with E-state index in [-0.39, 0.29) is 0 Å². The number of pyridine rings is 1. The zero-order valence-corrected chi connectivity index (χ0v) is 7.81. The van der Waals surface area contributed by atoms with Gasteiger partial charge >= 0.3 is 0 Å². The fourth-order valence-corrected chi connectivity index (χ4v) is 1.67. The van der Waals surface area contributed by atoms with Crippen LogP contribution < -0.4 is 0 Å². The molecule has 2 aromatic heterocycles. The molecule has 5 heteroatoms. The molecular formula is C9H5ClN4. The van der Waals surface area contributed by atoms with Gasteiger partial charge in [0.25, 0.3) is 0 Å². The molecule has 0 radical (unpaired) electrons. The standard InChI is InChI=1S/C9H5ClN4/c10-7-2-3-8-6(5-7)1-4-9-11-12-13-14(8)9/h1-5H. The van der Waals surface area contributed by atoms with Crippen LogP contribution in [0.2, 0.25) is 5.02 Å². The molecule has 0 unspecified atom stereocenters. The van der Waals surface area contributed by atoms with E-state index in [1.807, 2.05) is 30.3 Å². The Kier molecular flexibility index (Phi) is 1.46. The Morgan fingerprint density at radius 1 is 1.14 bits per heavy atom. The maximum atomic E-state index is 5.88. The molecule has 3 rings (SSSR count). The highest BCUT2D eigenvalue weighted by Gasteiger charge is 2.02. The molecule has 1 aromatic carbocycles. The number of tetrazole rings is 1. The summed E-state index contributed by atoms with van der Waals surface area (Å²) < 4.78 is 1.69. The summed E-state index contributed by atoms with van der Waals surface area (Å²) in [6.07, 6.45) is 0. The van der Waals surface area contributed by atoms with E-state index in [9.17, 15) is 0 Å². The van der Waals surface area contributed by atoms with Crippen LogP contribution in [0.15, 0.2) is 30.3 Å². The highest BCUT2D eigenvalue weighted by molar-refractivity contribution is 6.31. The van der Waals surface area contributed by atoms with Crippen molar-refractivity contribution in [3.63, 3.8) is 0 Å². The molecule has 0 atom stereocenters. The fraction of sp³-hybridized carbons (Fsp3) is 0. The minimum Gasteiger partial charge on any atom is -0.193 e. The SMILES string of the molecule is Clc1ccc2c(ccc3nnnn32)c1. The van der Waals surface area contributed by atoms with Crippen molar-refractivity contribution in [2.45, 2.75) is 0 Å². The van der Waals surface area contributed by atoms with Gasteiger partial charge in [0, 0.05) is 10.4 Å². The lowest BCUT2D eigenvalue weighted by Crippen LogP contribution is -1.89. The van der Waals surface area contributed by atoms with Gasteiger partial charge in [-0.1, -0.05) is 11.6 Å². The van der Waals surface area contributed by atoms with Crippen LogP contribution >= 0.6 is 11.6 Å². The first kappa shape index (κ1) is 7.70. The number of benzene rings is 1. The van der Waals surface area contributed by atoms with E-state index < -0.39 is 0 Å². The predicted octanol–water partition coefficient (Wildman–Crippen LogP) is 1.93. The van der Waals surface area contributed by atoms with Gasteiger partial charge in [0.05, 0.1) is 5.52 Å². The molecule has 0 saturated heterocycles. The lowest BCUT2D eigenvalue weighted by molar-refractivity contribution is 0.842. The van der Waals surface area contributed by atoms with E-state index in [0.717, 1.165) is 16.6 Å². The van der Waals surface area contributed by atoms with Gasteiger partial charge in [0.2, 0.25) is 0 Å². The fourth-order valence-electron chi connectivity index (χ4n) is 1.49. The summed E-state index contributed by atoms with van der Waals surface area (Å²) in [7, 11) is 0. The summed E-state index contributed by atoms with van der Waals surface area (Å²) in [5.74, 6) is 0. The number of fused-ring (bicyclic) bond motifs is 3. The number of rotatable bonds is 0. The van der Waals surface area contributed by atoms with Crippen molar-refractivity contribution in [2.24, 2.45) is 0 Å². The van der Waals surface area contributed by atoms with E-state index in [1.54, 1.807) is 4.52 Å². The molecule has 3 aromatic rings. The maximum Gasteiger partial charge on any atom is 0.179 e. The van der Waals surface area contributed by atoms with Crippen LogP contribution in [-0.2, 0) is 0 Å². The average molecular weight is 205 g/mol. The van der Waals surface area contributed by atoms with Crippen LogP contribution in [0.25, 0.3) is 16.6 Å². The van der Waals surface area contributed by atoms with Gasteiger partial charge in [-0.05, 0) is 40.8 Å². The molecule has 0 aliphatic heterocycles. The van der Waals surface area contributed by atoms with Crippen molar-refractivity contribution < 1.29 is 0 Å². The van der Waals surface area contributed by atoms with Crippen LogP contribution in [0.1, 0.15) is 0 Å². The summed E-state index contributed by atoms with van der Waals surface area (Å²) in [5, 5.41) is 13.1. The van der Waals surface area contributed by atoms with Gasteiger partial charge in [-0.25, -0.2) is 0 Å². The largest absolute Gasteiger partial charge is 0.193 e. The molecule has 0 bridgehead atoms. The molecule has 2 heterocycles. The summed E-state index contributed by atoms with van der Waals surface area (Å²) in [6.45, 7) is 0. The summed E-state index contributed by atoms with van der Waals surface area (Å²) in [4.78, 5) is 0. The Labute approximate surface area is 84.1 Å². The molecule has 14 heavy (non-hydrogen) atoms. The highest BCUT2D eigenvalue weighted by Crippen LogP contribution is 2.19. The molecule has 0 fully saturated rings. The number of aromatic nitrogens is 4. The molecule has 0 saturated carbocycles. The van der Waals surface area contributed by atoms with E-state index in [0.29, 0.717) is 5.02 Å². The van der Waals surface area contributed by atoms with Crippen LogP contribution in [0.5, 0.6) is 0 Å². The Morgan fingerprint density at radius 2 is 2.07 bits per heavy atom. The lowest BCUT2D eigenvalue weighted by Gasteiger charge is -1.99. The highest BCUT2D eigenvalue weighted by atomic mass is 35.5. The van der Waals surface area contributed by atoms with Gasteiger partial charge in [-0.2, -0.15) is 4.52 Å². The van der Waals surface area contributed by atoms with Crippen LogP contribution in [-0.4, -0.2) is 20.0 Å².